The van der Waals surface area contributed by atoms with Crippen LogP contribution in [0.25, 0.3) is 0 Å². The van der Waals surface area contributed by atoms with Crippen molar-refractivity contribution in [3.63, 3.8) is 0 Å². The lowest BCUT2D eigenvalue weighted by molar-refractivity contribution is -0.122. The number of hydrogen-bond donors (Lipinski definition) is 2. The number of nitrogens with two attached hydrogens (primary N) is 1. The molecular formula is C17H24N2O3. The van der Waals surface area contributed by atoms with Gasteiger partial charge in [-0.15, -0.1) is 0 Å². The summed E-state index contributed by atoms with van der Waals surface area (Å²) in [4.78, 5) is 14.0. The van der Waals surface area contributed by atoms with Crippen LogP contribution in [0.3, 0.4) is 0 Å². The molecule has 0 radical (unpaired) electrons. The summed E-state index contributed by atoms with van der Waals surface area (Å²) < 4.78 is 5.33. The average molecular weight is 304 g/mol. The smallest absolute Gasteiger partial charge is 0.222 e. The Labute approximate surface area is 131 Å². The molecule has 2 aliphatic heterocycles. The van der Waals surface area contributed by atoms with Gasteiger partial charge in [0.25, 0.3) is 0 Å². The van der Waals surface area contributed by atoms with Crippen LogP contribution in [0.1, 0.15) is 24.3 Å². The van der Waals surface area contributed by atoms with Crippen molar-refractivity contribution < 1.29 is 14.6 Å². The summed E-state index contributed by atoms with van der Waals surface area (Å²) in [5, 5.41) is 10.7. The molecule has 3 rings (SSSR count). The number of rotatable bonds is 4. The van der Waals surface area contributed by atoms with Crippen molar-refractivity contribution in [1.29, 1.82) is 0 Å². The molecule has 0 bridgehead atoms. The van der Waals surface area contributed by atoms with Crippen LogP contribution in [-0.4, -0.2) is 54.4 Å². The lowest BCUT2D eigenvalue weighted by Crippen LogP contribution is -2.46. The second kappa shape index (κ2) is 6.36. The van der Waals surface area contributed by atoms with Gasteiger partial charge in [0.2, 0.25) is 5.91 Å². The Balaban J connectivity index is 1.72. The SMILES string of the molecule is NC(=O)[C@@H]1CN(CC2(O)CCOCC2)C[C@H]1c1ccccc1. The topological polar surface area (TPSA) is 75.8 Å². The molecule has 120 valence electrons. The highest BCUT2D eigenvalue weighted by molar-refractivity contribution is 5.78. The summed E-state index contributed by atoms with van der Waals surface area (Å²) in [5.41, 5.74) is 6.05. The largest absolute Gasteiger partial charge is 0.388 e. The summed E-state index contributed by atoms with van der Waals surface area (Å²) in [5.74, 6) is -0.330. The minimum absolute atomic E-state index is 0.113. The van der Waals surface area contributed by atoms with Gasteiger partial charge in [-0.2, -0.15) is 0 Å². The van der Waals surface area contributed by atoms with E-state index in [9.17, 15) is 9.90 Å². The lowest BCUT2D eigenvalue weighted by atomic mass is 9.88. The number of aliphatic hydroxyl groups is 1. The standard InChI is InChI=1S/C17H24N2O3/c18-16(20)15-11-19(12-17(21)6-8-22-9-7-17)10-14(15)13-4-2-1-3-5-13/h1-5,14-15,21H,6-12H2,(H2,18,20)/t14-,15+/m0/s1. The normalized spacial score (nSPS) is 28.6. The van der Waals surface area contributed by atoms with E-state index in [-0.39, 0.29) is 17.7 Å². The summed E-state index contributed by atoms with van der Waals surface area (Å²) in [6.07, 6.45) is 1.31. The molecule has 0 spiro atoms. The molecule has 5 heteroatoms. The van der Waals surface area contributed by atoms with Crippen LogP contribution in [0.15, 0.2) is 30.3 Å². The van der Waals surface area contributed by atoms with Crippen LogP contribution in [-0.2, 0) is 9.53 Å². The van der Waals surface area contributed by atoms with Crippen molar-refractivity contribution in [2.75, 3.05) is 32.8 Å². The fraction of sp³-hybridized carbons (Fsp3) is 0.588. The zero-order valence-corrected chi connectivity index (χ0v) is 12.8. The lowest BCUT2D eigenvalue weighted by Gasteiger charge is -2.35. The van der Waals surface area contributed by atoms with E-state index in [4.69, 9.17) is 10.5 Å². The molecule has 2 fully saturated rings. The molecule has 1 aromatic rings. The van der Waals surface area contributed by atoms with E-state index in [1.807, 2.05) is 30.3 Å². The average Bonchev–Trinajstić information content (AvgIpc) is 2.92. The van der Waals surface area contributed by atoms with Crippen molar-refractivity contribution >= 4 is 5.91 Å². The molecular weight excluding hydrogens is 280 g/mol. The Kier molecular flexibility index (Phi) is 4.47. The number of ether oxygens (including phenoxy) is 1. The molecule has 1 amide bonds. The molecule has 2 heterocycles. The number of hydrogen-bond acceptors (Lipinski definition) is 4. The first-order chi connectivity index (χ1) is 10.6. The van der Waals surface area contributed by atoms with Gasteiger partial charge in [-0.25, -0.2) is 0 Å². The maximum atomic E-state index is 11.8. The van der Waals surface area contributed by atoms with E-state index in [0.717, 1.165) is 12.1 Å². The molecule has 1 aromatic carbocycles. The number of likely N-dealkylation sites (tertiary alicyclic amines) is 1. The van der Waals surface area contributed by atoms with Crippen LogP contribution in [0, 0.1) is 5.92 Å². The second-order valence-corrected chi connectivity index (χ2v) is 6.56. The van der Waals surface area contributed by atoms with Crippen molar-refractivity contribution in [2.45, 2.75) is 24.4 Å². The van der Waals surface area contributed by atoms with Gasteiger partial charge in [0.15, 0.2) is 0 Å². The van der Waals surface area contributed by atoms with Gasteiger partial charge >= 0.3 is 0 Å². The molecule has 2 atom stereocenters. The van der Waals surface area contributed by atoms with Gasteiger partial charge in [0.1, 0.15) is 0 Å². The maximum Gasteiger partial charge on any atom is 0.222 e. The number of β-amino-alcohol motifs (C(OH)–C–C–N with tert-alkyl or cyclic N) is 1. The third kappa shape index (κ3) is 3.32. The Morgan fingerprint density at radius 1 is 1.27 bits per heavy atom. The molecule has 0 aromatic heterocycles. The number of carbonyl (C=O) groups is 1. The Hall–Kier alpha value is -1.43. The van der Waals surface area contributed by atoms with Crippen LogP contribution in [0.2, 0.25) is 0 Å². The number of carbonyl (C=O) groups excluding carboxylic acids is 1. The molecule has 0 unspecified atom stereocenters. The monoisotopic (exact) mass is 304 g/mol. The van der Waals surface area contributed by atoms with Crippen molar-refractivity contribution in [3.8, 4) is 0 Å². The van der Waals surface area contributed by atoms with E-state index in [1.54, 1.807) is 0 Å². The molecule has 3 N–H and O–H groups in total. The maximum absolute atomic E-state index is 11.8. The summed E-state index contributed by atoms with van der Waals surface area (Å²) >= 11 is 0. The van der Waals surface area contributed by atoms with Gasteiger partial charge in [-0.1, -0.05) is 30.3 Å². The molecule has 2 saturated heterocycles. The number of nitrogens with zero attached hydrogens (tertiary/aromatic N) is 1. The number of amides is 1. The van der Waals surface area contributed by atoms with Gasteiger partial charge in [-0.05, 0) is 5.56 Å². The van der Waals surface area contributed by atoms with Crippen molar-refractivity contribution in [1.82, 2.24) is 4.90 Å². The van der Waals surface area contributed by atoms with Crippen LogP contribution in [0.4, 0.5) is 0 Å². The zero-order valence-electron chi connectivity index (χ0n) is 12.8. The zero-order chi connectivity index (χ0) is 15.6. The summed E-state index contributed by atoms with van der Waals surface area (Å²) in [7, 11) is 0. The minimum Gasteiger partial charge on any atom is -0.388 e. The fourth-order valence-electron chi connectivity index (χ4n) is 3.67. The number of primary amides is 1. The van der Waals surface area contributed by atoms with Crippen LogP contribution < -0.4 is 5.73 Å². The number of benzene rings is 1. The fourth-order valence-corrected chi connectivity index (χ4v) is 3.67. The van der Waals surface area contributed by atoms with Crippen molar-refractivity contribution in [2.24, 2.45) is 11.7 Å². The predicted molar refractivity (Wildman–Crippen MR) is 83.3 cm³/mol. The van der Waals surface area contributed by atoms with E-state index in [2.05, 4.69) is 4.90 Å². The Morgan fingerprint density at radius 3 is 2.59 bits per heavy atom. The molecule has 0 aliphatic carbocycles. The third-order valence-corrected chi connectivity index (χ3v) is 4.93. The molecule has 22 heavy (non-hydrogen) atoms. The first-order valence-electron chi connectivity index (χ1n) is 7.94. The minimum atomic E-state index is -0.702. The first-order valence-corrected chi connectivity index (χ1v) is 7.94. The van der Waals surface area contributed by atoms with E-state index in [1.165, 1.54) is 0 Å². The van der Waals surface area contributed by atoms with Gasteiger partial charge in [0, 0.05) is 51.6 Å². The highest BCUT2D eigenvalue weighted by atomic mass is 16.5. The summed E-state index contributed by atoms with van der Waals surface area (Å²) in [6.45, 7) is 3.18. The highest BCUT2D eigenvalue weighted by Gasteiger charge is 2.41. The van der Waals surface area contributed by atoms with E-state index < -0.39 is 5.60 Å². The quantitative estimate of drug-likeness (QED) is 0.860. The Bertz CT molecular complexity index is 514. The van der Waals surface area contributed by atoms with Gasteiger partial charge < -0.3 is 15.6 Å². The van der Waals surface area contributed by atoms with Gasteiger partial charge in [0.05, 0.1) is 11.5 Å². The van der Waals surface area contributed by atoms with Gasteiger partial charge in [-0.3, -0.25) is 9.69 Å². The highest BCUT2D eigenvalue weighted by Crippen LogP contribution is 2.34. The predicted octanol–water partition coefficient (Wildman–Crippen LogP) is 0.729. The molecule has 5 nitrogen and oxygen atoms in total. The van der Waals surface area contributed by atoms with E-state index >= 15 is 0 Å². The van der Waals surface area contributed by atoms with Crippen molar-refractivity contribution in [3.05, 3.63) is 35.9 Å². The second-order valence-electron chi connectivity index (χ2n) is 6.56. The van der Waals surface area contributed by atoms with Crippen LogP contribution >= 0.6 is 0 Å². The van der Waals surface area contributed by atoms with E-state index in [0.29, 0.717) is 39.1 Å². The molecule has 2 aliphatic rings. The first kappa shape index (κ1) is 15.5. The Morgan fingerprint density at radius 2 is 1.95 bits per heavy atom. The summed E-state index contributed by atoms with van der Waals surface area (Å²) in [6, 6.07) is 10.0. The van der Waals surface area contributed by atoms with Crippen LogP contribution in [0.5, 0.6) is 0 Å². The molecule has 0 saturated carbocycles. The third-order valence-electron chi connectivity index (χ3n) is 4.93.